The van der Waals surface area contributed by atoms with E-state index in [1.807, 2.05) is 20.2 Å². The van der Waals surface area contributed by atoms with Crippen LogP contribution in [0.25, 0.3) is 0 Å². The van der Waals surface area contributed by atoms with Crippen molar-refractivity contribution < 1.29 is 9.59 Å². The summed E-state index contributed by atoms with van der Waals surface area (Å²) >= 11 is 1.52. The van der Waals surface area contributed by atoms with E-state index < -0.39 is 10.8 Å². The van der Waals surface area contributed by atoms with Gasteiger partial charge < -0.3 is 15.2 Å². The summed E-state index contributed by atoms with van der Waals surface area (Å²) in [7, 11) is 0. The highest BCUT2D eigenvalue weighted by atomic mass is 32.2. The van der Waals surface area contributed by atoms with Crippen molar-refractivity contribution in [3.05, 3.63) is 18.2 Å². The quantitative estimate of drug-likeness (QED) is 0.864. The molecule has 1 aromatic rings. The third-order valence-corrected chi connectivity index (χ3v) is 5.32. The summed E-state index contributed by atoms with van der Waals surface area (Å²) in [6.07, 6.45) is 5.97. The summed E-state index contributed by atoms with van der Waals surface area (Å²) in [5.74, 6) is 0.392. The lowest BCUT2D eigenvalue weighted by atomic mass is 10.1. The maximum Gasteiger partial charge on any atom is 0.243 e. The number of hydrogen-bond acceptors (Lipinski definition) is 4. The number of amides is 2. The lowest BCUT2D eigenvalue weighted by molar-refractivity contribution is -0.129. The molecule has 0 unspecified atom stereocenters. The fourth-order valence-electron chi connectivity index (χ4n) is 2.32. The Hall–Kier alpha value is -1.50. The van der Waals surface area contributed by atoms with Crippen molar-refractivity contribution >= 4 is 23.6 Å². The van der Waals surface area contributed by atoms with Gasteiger partial charge >= 0.3 is 0 Å². The summed E-state index contributed by atoms with van der Waals surface area (Å²) in [6, 6.07) is 0.0953. The minimum atomic E-state index is -0.457. The molecule has 1 aliphatic heterocycles. The van der Waals surface area contributed by atoms with Crippen LogP contribution in [0.2, 0.25) is 0 Å². The zero-order chi connectivity index (χ0) is 15.0. The van der Waals surface area contributed by atoms with Crippen molar-refractivity contribution in [1.82, 2.24) is 20.2 Å². The molecule has 3 rings (SSSR count). The number of carbonyl (C=O) groups excluding carboxylic acids is 2. The van der Waals surface area contributed by atoms with Crippen LogP contribution in [0.1, 0.15) is 38.4 Å². The molecule has 0 spiro atoms. The zero-order valence-corrected chi connectivity index (χ0v) is 13.1. The normalized spacial score (nSPS) is 24.5. The Kier molecular flexibility index (Phi) is 3.69. The number of carbonyl (C=O) groups is 2. The fourth-order valence-corrected chi connectivity index (χ4v) is 3.33. The van der Waals surface area contributed by atoms with Gasteiger partial charge in [-0.1, -0.05) is 0 Å². The third-order valence-electron chi connectivity index (χ3n) is 3.91. The first kappa shape index (κ1) is 14.4. The van der Waals surface area contributed by atoms with Crippen LogP contribution in [-0.2, 0) is 16.1 Å². The van der Waals surface area contributed by atoms with E-state index >= 15 is 0 Å². The molecule has 21 heavy (non-hydrogen) atoms. The van der Waals surface area contributed by atoms with Crippen molar-refractivity contribution in [1.29, 1.82) is 0 Å². The van der Waals surface area contributed by atoms with Gasteiger partial charge in [-0.3, -0.25) is 9.59 Å². The van der Waals surface area contributed by atoms with Crippen LogP contribution in [0, 0.1) is 0 Å². The van der Waals surface area contributed by atoms with Crippen molar-refractivity contribution in [2.24, 2.45) is 0 Å². The molecule has 2 heterocycles. The van der Waals surface area contributed by atoms with E-state index in [1.165, 1.54) is 24.6 Å². The molecule has 1 atom stereocenters. The summed E-state index contributed by atoms with van der Waals surface area (Å²) < 4.78 is 1.67. The molecule has 1 aliphatic carbocycles. The lowest BCUT2D eigenvalue weighted by Gasteiger charge is -2.32. The van der Waals surface area contributed by atoms with E-state index in [9.17, 15) is 9.59 Å². The first-order valence-corrected chi connectivity index (χ1v) is 8.19. The molecule has 2 amide bonds. The molecule has 1 saturated heterocycles. The minimum absolute atomic E-state index is 0.0816. The highest BCUT2D eigenvalue weighted by Gasteiger charge is 2.37. The van der Waals surface area contributed by atoms with Gasteiger partial charge in [0.1, 0.15) is 6.04 Å². The molecule has 0 bridgehead atoms. The van der Waals surface area contributed by atoms with Gasteiger partial charge in [0.2, 0.25) is 11.8 Å². The first-order valence-electron chi connectivity index (χ1n) is 7.21. The van der Waals surface area contributed by atoms with E-state index in [4.69, 9.17) is 0 Å². The lowest BCUT2D eigenvalue weighted by Crippen LogP contribution is -2.57. The second-order valence-corrected chi connectivity index (χ2v) is 7.73. The highest BCUT2D eigenvalue weighted by Crippen LogP contribution is 2.35. The van der Waals surface area contributed by atoms with Crippen molar-refractivity contribution in [3.8, 4) is 0 Å². The van der Waals surface area contributed by atoms with Gasteiger partial charge in [-0.05, 0) is 26.7 Å². The van der Waals surface area contributed by atoms with Crippen molar-refractivity contribution in [2.75, 3.05) is 5.75 Å². The molecule has 0 aromatic carbocycles. The van der Waals surface area contributed by atoms with Crippen LogP contribution < -0.4 is 10.6 Å². The van der Waals surface area contributed by atoms with Gasteiger partial charge in [0.15, 0.2) is 0 Å². The standard InChI is InChI=1S/C14H20N4O2S/c1-14(2)13(20)17-11(7-21-14)12(19)16-6-10-5-15-8-18(10)9-3-4-9/h5,8-9,11H,3-4,6-7H2,1-2H3,(H,16,19)(H,17,20)/t11-/m1/s1. The maximum atomic E-state index is 12.2. The Morgan fingerprint density at radius 2 is 2.33 bits per heavy atom. The number of nitrogens with zero attached hydrogens (tertiary/aromatic N) is 2. The molecule has 2 N–H and O–H groups in total. The van der Waals surface area contributed by atoms with E-state index in [0.717, 1.165) is 5.69 Å². The van der Waals surface area contributed by atoms with Crippen LogP contribution in [0.5, 0.6) is 0 Å². The largest absolute Gasteiger partial charge is 0.349 e. The van der Waals surface area contributed by atoms with Gasteiger partial charge in [-0.2, -0.15) is 0 Å². The first-order chi connectivity index (χ1) is 9.97. The zero-order valence-electron chi connectivity index (χ0n) is 12.3. The molecule has 2 aliphatic rings. The maximum absolute atomic E-state index is 12.2. The number of thioether (sulfide) groups is 1. The molecule has 114 valence electrons. The molecule has 1 aromatic heterocycles. The third kappa shape index (κ3) is 3.07. The molecular formula is C14H20N4O2S. The Morgan fingerprint density at radius 3 is 3.00 bits per heavy atom. The van der Waals surface area contributed by atoms with Crippen molar-refractivity contribution in [3.63, 3.8) is 0 Å². The summed E-state index contributed by atoms with van der Waals surface area (Å²) in [5.41, 5.74) is 1.01. The molecule has 7 heteroatoms. The van der Waals surface area contributed by atoms with Gasteiger partial charge in [0, 0.05) is 18.0 Å². The number of hydrogen-bond donors (Lipinski definition) is 2. The second-order valence-electron chi connectivity index (χ2n) is 6.09. The van der Waals surface area contributed by atoms with Crippen LogP contribution in [0.15, 0.2) is 12.5 Å². The van der Waals surface area contributed by atoms with Crippen molar-refractivity contribution in [2.45, 2.75) is 50.1 Å². The van der Waals surface area contributed by atoms with E-state index in [-0.39, 0.29) is 11.8 Å². The van der Waals surface area contributed by atoms with Gasteiger partial charge in [0.05, 0.1) is 23.3 Å². The topological polar surface area (TPSA) is 76.0 Å². The Bertz CT molecular complexity index is 565. The van der Waals surface area contributed by atoms with Crippen LogP contribution in [0.4, 0.5) is 0 Å². The summed E-state index contributed by atoms with van der Waals surface area (Å²) in [5, 5.41) is 5.69. The fraction of sp³-hybridized carbons (Fsp3) is 0.643. The molecule has 1 saturated carbocycles. The SMILES string of the molecule is CC1(C)SC[C@H](C(=O)NCc2cncn2C2CC2)NC1=O. The Morgan fingerprint density at radius 1 is 1.57 bits per heavy atom. The Labute approximate surface area is 128 Å². The van der Waals surface area contributed by atoms with Crippen LogP contribution in [0.3, 0.4) is 0 Å². The number of nitrogens with one attached hydrogen (secondary N) is 2. The van der Waals surface area contributed by atoms with Gasteiger partial charge in [0.25, 0.3) is 0 Å². The predicted octanol–water partition coefficient (Wildman–Crippen LogP) is 0.844. The van der Waals surface area contributed by atoms with Gasteiger partial charge in [-0.25, -0.2) is 4.98 Å². The van der Waals surface area contributed by atoms with Gasteiger partial charge in [-0.15, -0.1) is 11.8 Å². The van der Waals surface area contributed by atoms with E-state index in [1.54, 1.807) is 6.20 Å². The van der Waals surface area contributed by atoms with Crippen LogP contribution in [-0.4, -0.2) is 37.9 Å². The molecule has 0 radical (unpaired) electrons. The van der Waals surface area contributed by atoms with E-state index in [0.29, 0.717) is 18.3 Å². The van der Waals surface area contributed by atoms with Crippen LogP contribution >= 0.6 is 11.8 Å². The number of aromatic nitrogens is 2. The summed E-state index contributed by atoms with van der Waals surface area (Å²) in [6.45, 7) is 4.19. The minimum Gasteiger partial charge on any atom is -0.349 e. The highest BCUT2D eigenvalue weighted by molar-refractivity contribution is 8.01. The molecule has 6 nitrogen and oxygen atoms in total. The summed E-state index contributed by atoms with van der Waals surface area (Å²) in [4.78, 5) is 28.2. The van der Waals surface area contributed by atoms with E-state index in [2.05, 4.69) is 20.2 Å². The second kappa shape index (κ2) is 5.36. The number of rotatable bonds is 4. The molecule has 2 fully saturated rings. The average Bonchev–Trinajstić information content (AvgIpc) is 3.18. The molecular weight excluding hydrogens is 288 g/mol. The average molecular weight is 308 g/mol. The Balaban J connectivity index is 1.55. The number of imidazole rings is 1. The monoisotopic (exact) mass is 308 g/mol. The predicted molar refractivity (Wildman–Crippen MR) is 80.8 cm³/mol. The smallest absolute Gasteiger partial charge is 0.243 e.